The summed E-state index contributed by atoms with van der Waals surface area (Å²) in [5, 5.41) is 2.88. The SMILES string of the molecule is CCNC(=O)C(CC)N(CCc1ccccc1)C(=O)Cc1cc(C)cc(C)c1. The highest BCUT2D eigenvalue weighted by Gasteiger charge is 2.27. The number of benzene rings is 2. The maximum absolute atomic E-state index is 13.2. The predicted octanol–water partition coefficient (Wildman–Crippen LogP) is 3.83. The first kappa shape index (κ1) is 21.7. The Bertz CT molecular complexity index is 766. The van der Waals surface area contributed by atoms with Gasteiger partial charge in [0.05, 0.1) is 6.42 Å². The maximum atomic E-state index is 13.2. The summed E-state index contributed by atoms with van der Waals surface area (Å²) in [5.74, 6) is -0.0779. The van der Waals surface area contributed by atoms with Gasteiger partial charge in [0.15, 0.2) is 0 Å². The monoisotopic (exact) mass is 380 g/mol. The number of hydrogen-bond donors (Lipinski definition) is 1. The summed E-state index contributed by atoms with van der Waals surface area (Å²) in [6.45, 7) is 9.03. The van der Waals surface area contributed by atoms with Crippen LogP contribution in [-0.4, -0.2) is 35.8 Å². The molecule has 0 aromatic heterocycles. The molecule has 0 fully saturated rings. The minimum atomic E-state index is -0.443. The number of rotatable bonds is 9. The highest BCUT2D eigenvalue weighted by atomic mass is 16.2. The summed E-state index contributed by atoms with van der Waals surface area (Å²) < 4.78 is 0. The maximum Gasteiger partial charge on any atom is 0.242 e. The molecule has 4 nitrogen and oxygen atoms in total. The number of amides is 2. The molecule has 2 aromatic carbocycles. The van der Waals surface area contributed by atoms with E-state index in [9.17, 15) is 9.59 Å². The van der Waals surface area contributed by atoms with Gasteiger partial charge in [-0.3, -0.25) is 9.59 Å². The van der Waals surface area contributed by atoms with Crippen LogP contribution in [0.25, 0.3) is 0 Å². The molecule has 0 aliphatic rings. The van der Waals surface area contributed by atoms with E-state index < -0.39 is 6.04 Å². The molecule has 0 saturated carbocycles. The van der Waals surface area contributed by atoms with Gasteiger partial charge in [0, 0.05) is 13.1 Å². The zero-order valence-electron chi connectivity index (χ0n) is 17.5. The van der Waals surface area contributed by atoms with Crippen molar-refractivity contribution in [3.05, 3.63) is 70.8 Å². The minimum Gasteiger partial charge on any atom is -0.355 e. The number of likely N-dealkylation sites (N-methyl/N-ethyl adjacent to an activating group) is 1. The summed E-state index contributed by atoms with van der Waals surface area (Å²) in [4.78, 5) is 27.6. The Morgan fingerprint density at radius 1 is 0.964 bits per heavy atom. The molecule has 150 valence electrons. The van der Waals surface area contributed by atoms with Gasteiger partial charge in [-0.1, -0.05) is 66.6 Å². The van der Waals surface area contributed by atoms with E-state index in [0.717, 1.165) is 28.7 Å². The van der Waals surface area contributed by atoms with Crippen LogP contribution in [0.3, 0.4) is 0 Å². The molecule has 1 unspecified atom stereocenters. The minimum absolute atomic E-state index is 0.000894. The third-order valence-electron chi connectivity index (χ3n) is 4.86. The molecule has 0 aliphatic heterocycles. The topological polar surface area (TPSA) is 49.4 Å². The molecule has 0 aliphatic carbocycles. The third kappa shape index (κ3) is 6.22. The lowest BCUT2D eigenvalue weighted by atomic mass is 10.0. The molecular weight excluding hydrogens is 348 g/mol. The fraction of sp³-hybridized carbons (Fsp3) is 0.417. The van der Waals surface area contributed by atoms with Gasteiger partial charge in [-0.05, 0) is 44.7 Å². The Hall–Kier alpha value is -2.62. The highest BCUT2D eigenvalue weighted by Crippen LogP contribution is 2.14. The molecule has 1 N–H and O–H groups in total. The molecule has 0 radical (unpaired) electrons. The number of carbonyl (C=O) groups excluding carboxylic acids is 2. The Balaban J connectivity index is 2.21. The van der Waals surface area contributed by atoms with Gasteiger partial charge < -0.3 is 10.2 Å². The molecule has 0 saturated heterocycles. The molecule has 0 bridgehead atoms. The smallest absolute Gasteiger partial charge is 0.242 e. The first-order valence-electron chi connectivity index (χ1n) is 10.1. The number of aryl methyl sites for hydroxylation is 2. The molecule has 2 rings (SSSR count). The number of hydrogen-bond acceptors (Lipinski definition) is 2. The van der Waals surface area contributed by atoms with Gasteiger partial charge in [0.25, 0.3) is 0 Å². The Kier molecular flexibility index (Phi) is 8.24. The number of carbonyl (C=O) groups is 2. The molecule has 2 amide bonds. The van der Waals surface area contributed by atoms with E-state index in [-0.39, 0.29) is 11.8 Å². The van der Waals surface area contributed by atoms with E-state index in [0.29, 0.717) is 25.9 Å². The molecule has 2 aromatic rings. The van der Waals surface area contributed by atoms with E-state index in [1.54, 1.807) is 4.90 Å². The largest absolute Gasteiger partial charge is 0.355 e. The molecule has 4 heteroatoms. The Morgan fingerprint density at radius 2 is 1.61 bits per heavy atom. The van der Waals surface area contributed by atoms with Gasteiger partial charge in [-0.25, -0.2) is 0 Å². The van der Waals surface area contributed by atoms with E-state index in [1.807, 2.05) is 58.0 Å². The third-order valence-corrected chi connectivity index (χ3v) is 4.86. The van der Waals surface area contributed by atoms with Crippen molar-refractivity contribution in [3.8, 4) is 0 Å². The van der Waals surface area contributed by atoms with Crippen molar-refractivity contribution in [2.75, 3.05) is 13.1 Å². The van der Waals surface area contributed by atoms with Crippen LogP contribution in [0.4, 0.5) is 0 Å². The number of nitrogens with one attached hydrogen (secondary N) is 1. The first-order chi connectivity index (χ1) is 13.4. The van der Waals surface area contributed by atoms with Gasteiger partial charge in [-0.15, -0.1) is 0 Å². The van der Waals surface area contributed by atoms with Gasteiger partial charge in [0.1, 0.15) is 6.04 Å². The van der Waals surface area contributed by atoms with E-state index >= 15 is 0 Å². The van der Waals surface area contributed by atoms with Gasteiger partial charge in [0.2, 0.25) is 11.8 Å². The second-order valence-corrected chi connectivity index (χ2v) is 7.31. The standard InChI is InChI=1S/C24H32N2O2/c1-5-22(24(28)25-6-2)26(13-12-20-10-8-7-9-11-20)23(27)17-21-15-18(3)14-19(4)16-21/h7-11,14-16,22H,5-6,12-13,17H2,1-4H3,(H,25,28). The molecule has 0 spiro atoms. The predicted molar refractivity (Wildman–Crippen MR) is 114 cm³/mol. The molecular formula is C24H32N2O2. The summed E-state index contributed by atoms with van der Waals surface area (Å²) >= 11 is 0. The van der Waals surface area contributed by atoms with Crippen molar-refractivity contribution in [3.63, 3.8) is 0 Å². The van der Waals surface area contributed by atoms with Crippen LogP contribution < -0.4 is 5.32 Å². The van der Waals surface area contributed by atoms with Crippen molar-refractivity contribution < 1.29 is 9.59 Å². The zero-order chi connectivity index (χ0) is 20.5. The first-order valence-corrected chi connectivity index (χ1v) is 10.1. The summed E-state index contributed by atoms with van der Waals surface area (Å²) in [5.41, 5.74) is 4.46. The second kappa shape index (κ2) is 10.6. The fourth-order valence-corrected chi connectivity index (χ4v) is 3.64. The quantitative estimate of drug-likeness (QED) is 0.719. The van der Waals surface area contributed by atoms with Gasteiger partial charge >= 0.3 is 0 Å². The summed E-state index contributed by atoms with van der Waals surface area (Å²) in [6, 6.07) is 15.8. The zero-order valence-corrected chi connectivity index (χ0v) is 17.5. The van der Waals surface area contributed by atoms with Crippen LogP contribution in [-0.2, 0) is 22.4 Å². The van der Waals surface area contributed by atoms with Crippen molar-refractivity contribution >= 4 is 11.8 Å². The van der Waals surface area contributed by atoms with Crippen LogP contribution >= 0.6 is 0 Å². The van der Waals surface area contributed by atoms with Crippen LogP contribution in [0.5, 0.6) is 0 Å². The Morgan fingerprint density at radius 3 is 2.18 bits per heavy atom. The van der Waals surface area contributed by atoms with Crippen LogP contribution in [0.2, 0.25) is 0 Å². The van der Waals surface area contributed by atoms with Crippen molar-refractivity contribution in [1.29, 1.82) is 0 Å². The lowest BCUT2D eigenvalue weighted by Gasteiger charge is -2.30. The number of nitrogens with zero attached hydrogens (tertiary/aromatic N) is 1. The van der Waals surface area contributed by atoms with E-state index in [4.69, 9.17) is 0 Å². The summed E-state index contributed by atoms with van der Waals surface area (Å²) in [6.07, 6.45) is 1.64. The van der Waals surface area contributed by atoms with Crippen molar-refractivity contribution in [2.24, 2.45) is 0 Å². The normalized spacial score (nSPS) is 11.7. The fourth-order valence-electron chi connectivity index (χ4n) is 3.64. The lowest BCUT2D eigenvalue weighted by Crippen LogP contribution is -2.50. The van der Waals surface area contributed by atoms with Crippen molar-refractivity contribution in [1.82, 2.24) is 10.2 Å². The average molecular weight is 381 g/mol. The second-order valence-electron chi connectivity index (χ2n) is 7.31. The molecule has 0 heterocycles. The van der Waals surface area contributed by atoms with E-state index in [2.05, 4.69) is 23.5 Å². The highest BCUT2D eigenvalue weighted by molar-refractivity contribution is 5.88. The summed E-state index contributed by atoms with van der Waals surface area (Å²) in [7, 11) is 0. The van der Waals surface area contributed by atoms with E-state index in [1.165, 1.54) is 0 Å². The molecule has 1 atom stereocenters. The van der Waals surface area contributed by atoms with Crippen molar-refractivity contribution in [2.45, 2.75) is 53.0 Å². The Labute approximate surface area is 169 Å². The lowest BCUT2D eigenvalue weighted by molar-refractivity contribution is -0.140. The van der Waals surface area contributed by atoms with Crippen LogP contribution in [0.15, 0.2) is 48.5 Å². The van der Waals surface area contributed by atoms with Crippen LogP contribution in [0.1, 0.15) is 42.5 Å². The average Bonchev–Trinajstić information content (AvgIpc) is 2.65. The van der Waals surface area contributed by atoms with Gasteiger partial charge in [-0.2, -0.15) is 0 Å². The van der Waals surface area contributed by atoms with Crippen LogP contribution in [0, 0.1) is 13.8 Å². The molecule has 28 heavy (non-hydrogen) atoms.